The Balaban J connectivity index is 1.58. The predicted molar refractivity (Wildman–Crippen MR) is 108 cm³/mol. The van der Waals surface area contributed by atoms with E-state index in [-0.39, 0.29) is 16.7 Å². The van der Waals surface area contributed by atoms with Crippen molar-refractivity contribution in [3.63, 3.8) is 0 Å². The maximum absolute atomic E-state index is 13.3. The van der Waals surface area contributed by atoms with Crippen molar-refractivity contribution < 1.29 is 13.2 Å². The Morgan fingerprint density at radius 1 is 1.14 bits per heavy atom. The number of benzene rings is 1. The fraction of sp³-hybridized carbons (Fsp3) is 0.550. The number of carbonyl (C=O) groups is 1. The van der Waals surface area contributed by atoms with Crippen LogP contribution < -0.4 is 0 Å². The van der Waals surface area contributed by atoms with Gasteiger partial charge in [-0.05, 0) is 50.3 Å². The fourth-order valence-corrected chi connectivity index (χ4v) is 5.76. The molecular weight excluding hydrogens is 390 g/mol. The highest BCUT2D eigenvalue weighted by Gasteiger charge is 2.30. The molecule has 1 amide bonds. The molecule has 0 aliphatic carbocycles. The lowest BCUT2D eigenvalue weighted by molar-refractivity contribution is 0.0703. The largest absolute Gasteiger partial charge is 0.338 e. The lowest BCUT2D eigenvalue weighted by Gasteiger charge is -2.32. The van der Waals surface area contributed by atoms with Gasteiger partial charge in [0.1, 0.15) is 12.2 Å². The molecule has 0 saturated carbocycles. The molecule has 0 unspecified atom stereocenters. The van der Waals surface area contributed by atoms with E-state index in [1.807, 2.05) is 6.92 Å². The van der Waals surface area contributed by atoms with E-state index in [2.05, 4.69) is 15.2 Å². The summed E-state index contributed by atoms with van der Waals surface area (Å²) in [7, 11) is -3.57. The zero-order valence-corrected chi connectivity index (χ0v) is 17.5. The lowest BCUT2D eigenvalue weighted by Crippen LogP contribution is -2.40. The molecule has 1 aromatic carbocycles. The molecule has 4 rings (SSSR count). The number of aryl methyl sites for hydroxylation is 1. The number of carbonyl (C=O) groups excluding carboxylic acids is 1. The maximum Gasteiger partial charge on any atom is 0.254 e. The van der Waals surface area contributed by atoms with Gasteiger partial charge in [-0.3, -0.25) is 9.89 Å². The van der Waals surface area contributed by atoms with E-state index in [0.29, 0.717) is 31.7 Å². The van der Waals surface area contributed by atoms with E-state index >= 15 is 0 Å². The van der Waals surface area contributed by atoms with Crippen molar-refractivity contribution in [1.29, 1.82) is 0 Å². The SMILES string of the molecule is Cc1ccc(S(=O)(=O)N2CCCCC2)cc1C(=O)N1CCC[C@@H](c2ncn[nH]2)C1. The van der Waals surface area contributed by atoms with E-state index in [0.717, 1.165) is 43.5 Å². The minimum atomic E-state index is -3.57. The lowest BCUT2D eigenvalue weighted by atomic mass is 9.96. The van der Waals surface area contributed by atoms with Crippen LogP contribution in [-0.4, -0.2) is 64.9 Å². The van der Waals surface area contributed by atoms with Crippen LogP contribution in [0, 0.1) is 6.92 Å². The minimum absolute atomic E-state index is 0.121. The number of hydrogen-bond donors (Lipinski definition) is 1. The third-order valence-corrected chi connectivity index (χ3v) is 7.82. The average molecular weight is 418 g/mol. The van der Waals surface area contributed by atoms with Crippen LogP contribution in [0.3, 0.4) is 0 Å². The second-order valence-corrected chi connectivity index (χ2v) is 9.84. The highest BCUT2D eigenvalue weighted by atomic mass is 32.2. The van der Waals surface area contributed by atoms with Crippen molar-refractivity contribution in [1.82, 2.24) is 24.4 Å². The Hall–Kier alpha value is -2.26. The summed E-state index contributed by atoms with van der Waals surface area (Å²) in [5.74, 6) is 0.791. The normalized spacial score (nSPS) is 21.3. The van der Waals surface area contributed by atoms with Gasteiger partial charge in [0, 0.05) is 37.7 Å². The summed E-state index contributed by atoms with van der Waals surface area (Å²) in [6.07, 6.45) is 6.13. The Morgan fingerprint density at radius 3 is 2.66 bits per heavy atom. The summed E-state index contributed by atoms with van der Waals surface area (Å²) in [5.41, 5.74) is 1.25. The molecule has 9 heteroatoms. The third kappa shape index (κ3) is 4.06. The number of hydrogen-bond acceptors (Lipinski definition) is 5. The molecule has 0 bridgehead atoms. The van der Waals surface area contributed by atoms with Gasteiger partial charge in [-0.2, -0.15) is 9.40 Å². The number of rotatable bonds is 4. The van der Waals surface area contributed by atoms with E-state index < -0.39 is 10.0 Å². The molecule has 1 aromatic heterocycles. The van der Waals surface area contributed by atoms with Crippen molar-refractivity contribution in [2.75, 3.05) is 26.2 Å². The molecule has 3 heterocycles. The van der Waals surface area contributed by atoms with Gasteiger partial charge in [0.15, 0.2) is 0 Å². The van der Waals surface area contributed by atoms with Crippen LogP contribution in [0.2, 0.25) is 0 Å². The van der Waals surface area contributed by atoms with E-state index in [4.69, 9.17) is 0 Å². The van der Waals surface area contributed by atoms with Crippen molar-refractivity contribution in [3.05, 3.63) is 41.5 Å². The number of likely N-dealkylation sites (tertiary alicyclic amines) is 1. The van der Waals surface area contributed by atoms with Crippen LogP contribution in [0.4, 0.5) is 0 Å². The van der Waals surface area contributed by atoms with Crippen molar-refractivity contribution >= 4 is 15.9 Å². The molecule has 2 fully saturated rings. The summed E-state index contributed by atoms with van der Waals surface area (Å²) < 4.78 is 27.6. The quantitative estimate of drug-likeness (QED) is 0.823. The topological polar surface area (TPSA) is 99.3 Å². The first kappa shape index (κ1) is 20.0. The number of amides is 1. The number of aromatic amines is 1. The number of sulfonamides is 1. The van der Waals surface area contributed by atoms with E-state index in [1.165, 1.54) is 10.6 Å². The van der Waals surface area contributed by atoms with Crippen LogP contribution in [0.1, 0.15) is 59.8 Å². The fourth-order valence-electron chi connectivity index (χ4n) is 4.21. The maximum atomic E-state index is 13.3. The second-order valence-electron chi connectivity index (χ2n) is 7.90. The van der Waals surface area contributed by atoms with Gasteiger partial charge in [0.2, 0.25) is 10.0 Å². The molecule has 2 aliphatic heterocycles. The molecule has 2 aliphatic rings. The summed E-state index contributed by atoms with van der Waals surface area (Å²) in [6.45, 7) is 4.15. The third-order valence-electron chi connectivity index (χ3n) is 5.92. The first-order chi connectivity index (χ1) is 14.0. The Bertz CT molecular complexity index is 968. The van der Waals surface area contributed by atoms with Crippen molar-refractivity contribution in [3.8, 4) is 0 Å². The molecule has 2 saturated heterocycles. The molecule has 1 atom stereocenters. The van der Waals surface area contributed by atoms with Crippen molar-refractivity contribution in [2.24, 2.45) is 0 Å². The molecule has 2 aromatic rings. The summed E-state index contributed by atoms with van der Waals surface area (Å²) in [5, 5.41) is 6.81. The second kappa shape index (κ2) is 8.23. The van der Waals surface area contributed by atoms with Crippen LogP contribution in [-0.2, 0) is 10.0 Å². The van der Waals surface area contributed by atoms with Gasteiger partial charge in [-0.25, -0.2) is 13.4 Å². The van der Waals surface area contributed by atoms with Crippen LogP contribution >= 0.6 is 0 Å². The van der Waals surface area contributed by atoms with Gasteiger partial charge in [0.25, 0.3) is 5.91 Å². The Labute approximate surface area is 171 Å². The smallest absolute Gasteiger partial charge is 0.254 e. The van der Waals surface area contributed by atoms with Crippen LogP contribution in [0.5, 0.6) is 0 Å². The van der Waals surface area contributed by atoms with Gasteiger partial charge in [-0.15, -0.1) is 0 Å². The first-order valence-electron chi connectivity index (χ1n) is 10.2. The zero-order valence-electron chi connectivity index (χ0n) is 16.7. The standard InChI is InChI=1S/C20H27N5O3S/c1-15-7-8-17(29(27,28)25-10-3-2-4-11-25)12-18(15)20(26)24-9-5-6-16(13-24)19-21-14-22-23-19/h7-8,12,14,16H,2-6,9-11,13H2,1H3,(H,21,22,23)/t16-/m1/s1. The van der Waals surface area contributed by atoms with Gasteiger partial charge >= 0.3 is 0 Å². The summed E-state index contributed by atoms with van der Waals surface area (Å²) >= 11 is 0. The minimum Gasteiger partial charge on any atom is -0.338 e. The first-order valence-corrected chi connectivity index (χ1v) is 11.7. The number of H-pyrrole nitrogens is 1. The van der Waals surface area contributed by atoms with Gasteiger partial charge in [-0.1, -0.05) is 12.5 Å². The van der Waals surface area contributed by atoms with Gasteiger partial charge < -0.3 is 4.90 Å². The Kier molecular flexibility index (Phi) is 5.69. The number of aromatic nitrogens is 3. The molecule has 156 valence electrons. The molecule has 29 heavy (non-hydrogen) atoms. The highest BCUT2D eigenvalue weighted by Crippen LogP contribution is 2.27. The van der Waals surface area contributed by atoms with Crippen LogP contribution in [0.15, 0.2) is 29.4 Å². The molecule has 1 N–H and O–H groups in total. The van der Waals surface area contributed by atoms with Crippen molar-refractivity contribution in [2.45, 2.75) is 49.8 Å². The molecule has 0 spiro atoms. The average Bonchev–Trinajstić information content (AvgIpc) is 3.29. The predicted octanol–water partition coefficient (Wildman–Crippen LogP) is 2.31. The summed E-state index contributed by atoms with van der Waals surface area (Å²) in [4.78, 5) is 19.5. The molecular formula is C20H27N5O3S. The van der Waals surface area contributed by atoms with Gasteiger partial charge in [0.05, 0.1) is 4.90 Å². The molecule has 0 radical (unpaired) electrons. The number of nitrogens with one attached hydrogen (secondary N) is 1. The van der Waals surface area contributed by atoms with Crippen LogP contribution in [0.25, 0.3) is 0 Å². The summed E-state index contributed by atoms with van der Waals surface area (Å²) in [6, 6.07) is 4.91. The monoisotopic (exact) mass is 417 g/mol. The highest BCUT2D eigenvalue weighted by molar-refractivity contribution is 7.89. The zero-order chi connectivity index (χ0) is 20.4. The van der Waals surface area contributed by atoms with E-state index in [1.54, 1.807) is 23.1 Å². The Morgan fingerprint density at radius 2 is 1.93 bits per heavy atom. The molecule has 8 nitrogen and oxygen atoms in total. The van der Waals surface area contributed by atoms with E-state index in [9.17, 15) is 13.2 Å². The number of piperidine rings is 2. The number of nitrogens with zero attached hydrogens (tertiary/aromatic N) is 4.